The van der Waals surface area contributed by atoms with Crippen molar-refractivity contribution in [1.82, 2.24) is 5.32 Å². The highest BCUT2D eigenvalue weighted by molar-refractivity contribution is 7.91. The molecule has 0 saturated heterocycles. The van der Waals surface area contributed by atoms with Gasteiger partial charge in [-0.15, -0.1) is 0 Å². The van der Waals surface area contributed by atoms with Gasteiger partial charge in [0, 0.05) is 6.54 Å². The van der Waals surface area contributed by atoms with Gasteiger partial charge in [0.25, 0.3) is 0 Å². The first-order valence-electron chi connectivity index (χ1n) is 8.08. The quantitative estimate of drug-likeness (QED) is 0.426. The molecule has 0 radical (unpaired) electrons. The van der Waals surface area contributed by atoms with Crippen LogP contribution in [0.1, 0.15) is 12.8 Å². The maximum absolute atomic E-state index is 12.3. The van der Waals surface area contributed by atoms with E-state index < -0.39 is 23.1 Å². The minimum absolute atomic E-state index is 0.0106. The minimum atomic E-state index is -4.80. The molecule has 2 aromatic carbocycles. The number of amides is 1. The third-order valence-corrected chi connectivity index (χ3v) is 6.05. The summed E-state index contributed by atoms with van der Waals surface area (Å²) in [4.78, 5) is 28.4. The van der Waals surface area contributed by atoms with E-state index >= 15 is 0 Å². The third-order valence-electron chi connectivity index (χ3n) is 3.54. The van der Waals surface area contributed by atoms with Crippen molar-refractivity contribution in [1.29, 1.82) is 0 Å². The van der Waals surface area contributed by atoms with E-state index in [0.29, 0.717) is 11.5 Å². The summed E-state index contributed by atoms with van der Waals surface area (Å²) in [7, 11) is -8.30. The van der Waals surface area contributed by atoms with E-state index in [1.165, 1.54) is 12.1 Å². The Morgan fingerprint density at radius 2 is 1.56 bits per heavy atom. The van der Waals surface area contributed by atoms with Crippen LogP contribution in [0, 0.1) is 0 Å². The van der Waals surface area contributed by atoms with E-state index in [1.54, 1.807) is 24.3 Å². The van der Waals surface area contributed by atoms with E-state index in [-0.39, 0.29) is 30.0 Å². The van der Waals surface area contributed by atoms with Crippen molar-refractivity contribution in [2.24, 2.45) is 0 Å². The highest BCUT2D eigenvalue weighted by atomic mass is 32.2. The van der Waals surface area contributed by atoms with E-state index in [4.69, 9.17) is 14.5 Å². The van der Waals surface area contributed by atoms with Crippen LogP contribution in [0.2, 0.25) is 0 Å². The maximum atomic E-state index is 12.3. The molecular formula is C17H20NO7PS. The SMILES string of the molecule is O=C(NCCCCS(=O)(=O)c1ccc(Oc2ccccc2)cc1)P(=O)(O)O. The van der Waals surface area contributed by atoms with Crippen molar-refractivity contribution in [3.05, 3.63) is 54.6 Å². The monoisotopic (exact) mass is 413 g/mol. The molecule has 146 valence electrons. The van der Waals surface area contributed by atoms with Gasteiger partial charge in [-0.3, -0.25) is 4.79 Å². The minimum Gasteiger partial charge on any atom is -0.457 e. The van der Waals surface area contributed by atoms with Gasteiger partial charge >= 0.3 is 13.2 Å². The smallest absolute Gasteiger partial charge is 0.413 e. The van der Waals surface area contributed by atoms with Crippen molar-refractivity contribution in [3.8, 4) is 11.5 Å². The number of carbonyl (C=O) groups excluding carboxylic acids is 1. The summed E-state index contributed by atoms with van der Waals surface area (Å²) in [6.07, 6.45) is 0.520. The molecule has 10 heteroatoms. The maximum Gasteiger partial charge on any atom is 0.413 e. The molecule has 0 aliphatic heterocycles. The number of para-hydroxylation sites is 1. The second-order valence-corrected chi connectivity index (χ2v) is 9.29. The molecule has 0 saturated carbocycles. The molecule has 27 heavy (non-hydrogen) atoms. The van der Waals surface area contributed by atoms with Gasteiger partial charge in [-0.25, -0.2) is 13.0 Å². The third kappa shape index (κ3) is 6.80. The summed E-state index contributed by atoms with van der Waals surface area (Å²) < 4.78 is 40.9. The molecule has 0 atom stereocenters. The zero-order valence-electron chi connectivity index (χ0n) is 14.3. The summed E-state index contributed by atoms with van der Waals surface area (Å²) in [5.74, 6) is 1.02. The fraction of sp³-hybridized carbons (Fsp3) is 0.235. The molecule has 0 fully saturated rings. The average molecular weight is 413 g/mol. The lowest BCUT2D eigenvalue weighted by Crippen LogP contribution is -2.23. The number of unbranched alkanes of at least 4 members (excludes halogenated alkanes) is 1. The Morgan fingerprint density at radius 3 is 2.15 bits per heavy atom. The van der Waals surface area contributed by atoms with Crippen LogP contribution in [0.15, 0.2) is 59.5 Å². The Morgan fingerprint density at radius 1 is 0.963 bits per heavy atom. The summed E-state index contributed by atoms with van der Waals surface area (Å²) in [6.45, 7) is -0.0106. The molecule has 0 aromatic heterocycles. The lowest BCUT2D eigenvalue weighted by Gasteiger charge is -2.08. The van der Waals surface area contributed by atoms with Gasteiger partial charge < -0.3 is 19.8 Å². The summed E-state index contributed by atoms with van der Waals surface area (Å²) in [5, 5.41) is 2.07. The molecule has 8 nitrogen and oxygen atoms in total. The van der Waals surface area contributed by atoms with Crippen LogP contribution in [0.4, 0.5) is 4.79 Å². The van der Waals surface area contributed by atoms with Crippen molar-refractivity contribution in [2.75, 3.05) is 12.3 Å². The molecule has 0 heterocycles. The largest absolute Gasteiger partial charge is 0.457 e. The molecule has 1 amide bonds. The van der Waals surface area contributed by atoms with Gasteiger partial charge in [0.15, 0.2) is 9.84 Å². The van der Waals surface area contributed by atoms with Crippen LogP contribution in [-0.4, -0.2) is 36.2 Å². The summed E-state index contributed by atoms with van der Waals surface area (Å²) in [5.41, 5.74) is -1.36. The molecule has 2 aromatic rings. The number of hydrogen-bond donors (Lipinski definition) is 3. The molecule has 0 aliphatic rings. The first-order chi connectivity index (χ1) is 12.7. The lowest BCUT2D eigenvalue weighted by atomic mass is 10.3. The van der Waals surface area contributed by atoms with Crippen molar-refractivity contribution in [2.45, 2.75) is 17.7 Å². The predicted molar refractivity (Wildman–Crippen MR) is 99.7 cm³/mol. The molecule has 3 N–H and O–H groups in total. The number of ether oxygens (including phenoxy) is 1. The Balaban J connectivity index is 1.84. The topological polar surface area (TPSA) is 130 Å². The Labute approximate surface area is 157 Å². The van der Waals surface area contributed by atoms with Crippen LogP contribution in [0.25, 0.3) is 0 Å². The van der Waals surface area contributed by atoms with Gasteiger partial charge in [0.2, 0.25) is 0 Å². The zero-order valence-corrected chi connectivity index (χ0v) is 16.0. The van der Waals surface area contributed by atoms with Gasteiger partial charge in [-0.05, 0) is 49.2 Å². The van der Waals surface area contributed by atoms with Crippen LogP contribution in [0.3, 0.4) is 0 Å². The summed E-state index contributed by atoms with van der Waals surface area (Å²) >= 11 is 0. The Bertz CT molecular complexity index is 908. The Kier molecular flexibility index (Phi) is 7.15. The standard InChI is InChI=1S/C17H20NO7PS/c19-17(26(20,21)22)18-12-4-5-13-27(23,24)16-10-8-15(9-11-16)25-14-6-2-1-3-7-14/h1-3,6-11H,4-5,12-13H2,(H,18,19)(H2,20,21,22). The van der Waals surface area contributed by atoms with Crippen molar-refractivity contribution < 1.29 is 32.3 Å². The average Bonchev–Trinajstić information content (AvgIpc) is 2.62. The molecule has 0 bridgehead atoms. The van der Waals surface area contributed by atoms with Gasteiger partial charge in [-0.2, -0.15) is 0 Å². The Hall–Kier alpha value is -2.19. The second kappa shape index (κ2) is 9.14. The normalized spacial score (nSPS) is 11.8. The van der Waals surface area contributed by atoms with Crippen molar-refractivity contribution in [3.63, 3.8) is 0 Å². The molecule has 2 rings (SSSR count). The van der Waals surface area contributed by atoms with Crippen LogP contribution in [0.5, 0.6) is 11.5 Å². The van der Waals surface area contributed by atoms with Crippen molar-refractivity contribution >= 4 is 23.1 Å². The zero-order chi connectivity index (χ0) is 19.9. The van der Waals surface area contributed by atoms with Crippen LogP contribution < -0.4 is 10.1 Å². The number of carbonyl (C=O) groups is 1. The lowest BCUT2D eigenvalue weighted by molar-refractivity contribution is 0.248. The molecule has 0 spiro atoms. The highest BCUT2D eigenvalue weighted by Gasteiger charge is 2.24. The first-order valence-corrected chi connectivity index (χ1v) is 11.3. The summed E-state index contributed by atoms with van der Waals surface area (Å²) in [6, 6.07) is 15.2. The molecule has 0 unspecified atom stereocenters. The number of hydrogen-bond acceptors (Lipinski definition) is 5. The van der Waals surface area contributed by atoms with Gasteiger partial charge in [-0.1, -0.05) is 18.2 Å². The van der Waals surface area contributed by atoms with Gasteiger partial charge in [0.05, 0.1) is 10.6 Å². The number of nitrogens with one attached hydrogen (secondary N) is 1. The fourth-order valence-electron chi connectivity index (χ4n) is 2.17. The molecule has 0 aliphatic carbocycles. The van der Waals surface area contributed by atoms with E-state index in [9.17, 15) is 17.8 Å². The second-order valence-electron chi connectivity index (χ2n) is 5.69. The number of rotatable bonds is 9. The molecular weight excluding hydrogens is 393 g/mol. The number of sulfone groups is 1. The fourth-order valence-corrected chi connectivity index (χ4v) is 3.86. The van der Waals surface area contributed by atoms with E-state index in [1.807, 2.05) is 18.2 Å². The first kappa shape index (κ1) is 21.1. The van der Waals surface area contributed by atoms with Gasteiger partial charge in [0.1, 0.15) is 11.5 Å². The van der Waals surface area contributed by atoms with E-state index in [0.717, 1.165) is 0 Å². The highest BCUT2D eigenvalue weighted by Crippen LogP contribution is 2.34. The van der Waals surface area contributed by atoms with E-state index in [2.05, 4.69) is 5.32 Å². The predicted octanol–water partition coefficient (Wildman–Crippen LogP) is 2.92. The van der Waals surface area contributed by atoms with Crippen LogP contribution in [-0.2, 0) is 14.4 Å². The number of benzene rings is 2. The van der Waals surface area contributed by atoms with Crippen LogP contribution >= 0.6 is 7.60 Å².